The van der Waals surface area contributed by atoms with Crippen LogP contribution >= 0.6 is 39.0 Å². The smallest absolute Gasteiger partial charge is 0.261 e. The molecule has 0 saturated heterocycles. The van der Waals surface area contributed by atoms with E-state index >= 15 is 0 Å². The number of rotatable bonds is 8. The lowest BCUT2D eigenvalue weighted by atomic mass is 10.3. The Kier molecular flexibility index (Phi) is 6.69. The van der Waals surface area contributed by atoms with Crippen molar-refractivity contribution in [2.24, 2.45) is 0 Å². The van der Waals surface area contributed by atoms with Gasteiger partial charge in [0.1, 0.15) is 11.3 Å². The Morgan fingerprint density at radius 2 is 2.03 bits per heavy atom. The number of nitrogens with zero attached hydrogens (tertiary/aromatic N) is 2. The number of halogens is 1. The number of fused-ring (bicyclic) bond motifs is 1. The average Bonchev–Trinajstić information content (AvgIpc) is 3.37. The molecule has 0 atom stereocenters. The number of anilines is 2. The molecule has 0 bridgehead atoms. The Balaban J connectivity index is 1.44. The third-order valence-electron chi connectivity index (χ3n) is 4.04. The number of carbonyl (C=O) groups excluding carboxylic acids is 1. The number of methoxy groups -OCH3 is 1. The maximum Gasteiger partial charge on any atom is 0.261 e. The molecule has 2 N–H and O–H groups in total. The normalized spacial score (nSPS) is 11.4. The lowest BCUT2D eigenvalue weighted by molar-refractivity contribution is -0.113. The first-order valence-electron chi connectivity index (χ1n) is 8.94. The molecule has 1 amide bonds. The van der Waals surface area contributed by atoms with Gasteiger partial charge in [-0.15, -0.1) is 0 Å². The van der Waals surface area contributed by atoms with Crippen LogP contribution < -0.4 is 14.8 Å². The first-order chi connectivity index (χ1) is 15.3. The van der Waals surface area contributed by atoms with E-state index in [4.69, 9.17) is 9.15 Å². The molecule has 166 valence electrons. The van der Waals surface area contributed by atoms with Crippen molar-refractivity contribution >= 4 is 76.9 Å². The van der Waals surface area contributed by atoms with Crippen molar-refractivity contribution in [3.8, 4) is 5.75 Å². The molecule has 0 unspecified atom stereocenters. The number of benzene rings is 2. The standard InChI is InChI=1S/C19H15BrN4O5S3/c1-28-12-4-2-11(3-5-12)24-32(26,27)13-6-7-15-14(8-13)22-19(29-15)30-10-17(25)23-18-21-9-16(20)31-18/h2-9,24H,10H2,1H3,(H,21,23,25). The van der Waals surface area contributed by atoms with E-state index in [2.05, 4.69) is 35.9 Å². The van der Waals surface area contributed by atoms with Crippen molar-refractivity contribution in [2.75, 3.05) is 22.9 Å². The highest BCUT2D eigenvalue weighted by Gasteiger charge is 2.17. The summed E-state index contributed by atoms with van der Waals surface area (Å²) < 4.78 is 39.5. The summed E-state index contributed by atoms with van der Waals surface area (Å²) in [6.07, 6.45) is 1.60. The lowest BCUT2D eigenvalue weighted by Crippen LogP contribution is -2.13. The molecule has 2 aromatic heterocycles. The van der Waals surface area contributed by atoms with E-state index in [0.29, 0.717) is 27.7 Å². The molecule has 13 heteroatoms. The van der Waals surface area contributed by atoms with Crippen LogP contribution in [0.4, 0.5) is 10.8 Å². The van der Waals surface area contributed by atoms with Crippen molar-refractivity contribution in [3.05, 3.63) is 52.4 Å². The Labute approximate surface area is 199 Å². The molecule has 0 radical (unpaired) electrons. The van der Waals surface area contributed by atoms with E-state index in [9.17, 15) is 13.2 Å². The molecule has 4 rings (SSSR count). The summed E-state index contributed by atoms with van der Waals surface area (Å²) >= 11 is 5.69. The van der Waals surface area contributed by atoms with Gasteiger partial charge in [-0.3, -0.25) is 9.52 Å². The lowest BCUT2D eigenvalue weighted by Gasteiger charge is -2.08. The van der Waals surface area contributed by atoms with E-state index < -0.39 is 10.0 Å². The van der Waals surface area contributed by atoms with Crippen LogP contribution in [0.5, 0.6) is 5.75 Å². The number of carbonyl (C=O) groups is 1. The van der Waals surface area contributed by atoms with Crippen LogP contribution in [0.3, 0.4) is 0 Å². The number of aromatic nitrogens is 2. The van der Waals surface area contributed by atoms with Gasteiger partial charge in [0.25, 0.3) is 15.2 Å². The molecule has 2 aromatic carbocycles. The monoisotopic (exact) mass is 554 g/mol. The third-order valence-corrected chi connectivity index (χ3v) is 7.64. The molecule has 32 heavy (non-hydrogen) atoms. The van der Waals surface area contributed by atoms with Crippen molar-refractivity contribution in [2.45, 2.75) is 10.1 Å². The Bertz CT molecular complexity index is 1370. The second-order valence-corrected chi connectivity index (χ2v) is 11.3. The second-order valence-electron chi connectivity index (χ2n) is 6.25. The van der Waals surface area contributed by atoms with Crippen LogP contribution in [0, 0.1) is 0 Å². The van der Waals surface area contributed by atoms with Gasteiger partial charge in [0.05, 0.1) is 27.7 Å². The third kappa shape index (κ3) is 5.41. The minimum Gasteiger partial charge on any atom is -0.497 e. The quantitative estimate of drug-likeness (QED) is 0.303. The topological polar surface area (TPSA) is 123 Å². The van der Waals surface area contributed by atoms with E-state index in [-0.39, 0.29) is 21.8 Å². The van der Waals surface area contributed by atoms with Gasteiger partial charge in [0.15, 0.2) is 10.7 Å². The fraction of sp³-hybridized carbons (Fsp3) is 0.105. The van der Waals surface area contributed by atoms with Gasteiger partial charge in [0, 0.05) is 5.69 Å². The molecule has 0 spiro atoms. The zero-order chi connectivity index (χ0) is 22.7. The molecule has 9 nitrogen and oxygen atoms in total. The van der Waals surface area contributed by atoms with Crippen LogP contribution in [0.25, 0.3) is 11.1 Å². The first kappa shape index (κ1) is 22.6. The largest absolute Gasteiger partial charge is 0.497 e. The van der Waals surface area contributed by atoms with Crippen molar-refractivity contribution < 1.29 is 22.4 Å². The summed E-state index contributed by atoms with van der Waals surface area (Å²) in [5.74, 6) is 0.426. The zero-order valence-corrected chi connectivity index (χ0v) is 20.4. The van der Waals surface area contributed by atoms with Gasteiger partial charge >= 0.3 is 0 Å². The summed E-state index contributed by atoms with van der Waals surface area (Å²) in [4.78, 5) is 20.4. The van der Waals surface area contributed by atoms with Crippen molar-refractivity contribution in [1.82, 2.24) is 9.97 Å². The molecular weight excluding hydrogens is 540 g/mol. The van der Waals surface area contributed by atoms with E-state index in [1.165, 1.54) is 36.6 Å². The highest BCUT2D eigenvalue weighted by Crippen LogP contribution is 2.27. The highest BCUT2D eigenvalue weighted by atomic mass is 79.9. The van der Waals surface area contributed by atoms with E-state index in [0.717, 1.165) is 15.5 Å². The number of hydrogen-bond acceptors (Lipinski definition) is 9. The average molecular weight is 555 g/mol. The first-order valence-corrected chi connectivity index (χ1v) is 13.0. The molecular formula is C19H15BrN4O5S3. The fourth-order valence-electron chi connectivity index (χ4n) is 2.58. The number of sulfonamides is 1. The summed E-state index contributed by atoms with van der Waals surface area (Å²) in [5, 5.41) is 3.42. The van der Waals surface area contributed by atoms with Crippen LogP contribution in [0.15, 0.2) is 67.0 Å². The summed E-state index contributed by atoms with van der Waals surface area (Å²) in [5.41, 5.74) is 1.19. The molecule has 0 aliphatic heterocycles. The maximum absolute atomic E-state index is 12.7. The number of ether oxygens (including phenoxy) is 1. The Hall–Kier alpha value is -2.61. The van der Waals surface area contributed by atoms with E-state index in [1.807, 2.05) is 0 Å². The maximum atomic E-state index is 12.7. The van der Waals surface area contributed by atoms with Crippen LogP contribution in [0.1, 0.15) is 0 Å². The van der Waals surface area contributed by atoms with Crippen LogP contribution in [0.2, 0.25) is 0 Å². The van der Waals surface area contributed by atoms with Crippen molar-refractivity contribution in [3.63, 3.8) is 0 Å². The van der Waals surface area contributed by atoms with Gasteiger partial charge in [0.2, 0.25) is 5.91 Å². The van der Waals surface area contributed by atoms with Gasteiger partial charge in [-0.2, -0.15) is 0 Å². The van der Waals surface area contributed by atoms with Crippen LogP contribution in [-0.2, 0) is 14.8 Å². The SMILES string of the molecule is COc1ccc(NS(=O)(=O)c2ccc3oc(SCC(=O)Nc4ncc(Br)s4)nc3c2)cc1. The van der Waals surface area contributed by atoms with Crippen molar-refractivity contribution in [1.29, 1.82) is 0 Å². The van der Waals surface area contributed by atoms with Gasteiger partial charge in [-0.05, 0) is 58.4 Å². The fourth-order valence-corrected chi connectivity index (χ4v) is 5.42. The number of oxazole rings is 1. The molecule has 4 aromatic rings. The summed E-state index contributed by atoms with van der Waals surface area (Å²) in [7, 11) is -2.29. The number of nitrogens with one attached hydrogen (secondary N) is 2. The minimum absolute atomic E-state index is 0.0396. The summed E-state index contributed by atoms with van der Waals surface area (Å²) in [6, 6.07) is 10.9. The molecule has 2 heterocycles. The predicted molar refractivity (Wildman–Crippen MR) is 127 cm³/mol. The predicted octanol–water partition coefficient (Wildman–Crippen LogP) is 4.59. The number of thiazole rings is 1. The number of thioether (sulfide) groups is 1. The number of amides is 1. The van der Waals surface area contributed by atoms with Gasteiger partial charge in [-0.1, -0.05) is 23.1 Å². The van der Waals surface area contributed by atoms with Gasteiger partial charge < -0.3 is 14.5 Å². The molecule has 0 aliphatic rings. The second kappa shape index (κ2) is 9.48. The number of hydrogen-bond donors (Lipinski definition) is 2. The minimum atomic E-state index is -3.83. The van der Waals surface area contributed by atoms with Crippen LogP contribution in [-0.4, -0.2) is 37.2 Å². The van der Waals surface area contributed by atoms with Gasteiger partial charge in [-0.25, -0.2) is 18.4 Å². The Morgan fingerprint density at radius 1 is 1.25 bits per heavy atom. The summed E-state index contributed by atoms with van der Waals surface area (Å²) in [6.45, 7) is 0. The molecule has 0 aliphatic carbocycles. The highest BCUT2D eigenvalue weighted by molar-refractivity contribution is 9.11. The molecule has 0 fully saturated rings. The Morgan fingerprint density at radius 3 is 2.72 bits per heavy atom. The van der Waals surface area contributed by atoms with E-state index in [1.54, 1.807) is 30.5 Å². The zero-order valence-electron chi connectivity index (χ0n) is 16.4. The molecule has 0 saturated carbocycles.